The fourth-order valence-corrected chi connectivity index (χ4v) is 3.06. The van der Waals surface area contributed by atoms with Crippen LogP contribution in [-0.2, 0) is 11.4 Å². The molecule has 0 saturated carbocycles. The summed E-state index contributed by atoms with van der Waals surface area (Å²) in [5.41, 5.74) is 1.33. The lowest BCUT2D eigenvalue weighted by molar-refractivity contribution is 0.899. The summed E-state index contributed by atoms with van der Waals surface area (Å²) in [6.07, 6.45) is 3.40. The first-order valence-electron chi connectivity index (χ1n) is 6.01. The quantitative estimate of drug-likeness (QED) is 0.377. The second-order valence-electron chi connectivity index (χ2n) is 4.47. The minimum Gasteiger partial charge on any atom is -0.0784 e. The zero-order chi connectivity index (χ0) is 17.3. The maximum atomic E-state index is 6.04. The number of rotatable bonds is 3. The highest BCUT2D eigenvalue weighted by molar-refractivity contribution is 6.68. The zero-order valence-electron chi connectivity index (χ0n) is 11.0. The normalized spacial score (nSPS) is 13.5. The van der Waals surface area contributed by atoms with Crippen LogP contribution in [0.25, 0.3) is 0 Å². The summed E-state index contributed by atoms with van der Waals surface area (Å²) in [4.78, 5) is 0. The minimum absolute atomic E-state index is 0.244. The molecule has 0 saturated heterocycles. The van der Waals surface area contributed by atoms with Gasteiger partial charge >= 0.3 is 0 Å². The molecule has 0 aliphatic carbocycles. The molecule has 0 aliphatic heterocycles. The van der Waals surface area contributed by atoms with Crippen molar-refractivity contribution in [1.82, 2.24) is 0 Å². The highest BCUT2D eigenvalue weighted by atomic mass is 35.6. The lowest BCUT2D eigenvalue weighted by Crippen LogP contribution is -2.16. The number of alkyl halides is 9. The second kappa shape index (κ2) is 8.02. The Bertz CT molecular complexity index is 485. The monoisotopic (exact) mass is 481 g/mol. The molecule has 0 aromatic heterocycles. The van der Waals surface area contributed by atoms with Crippen molar-refractivity contribution in [1.29, 1.82) is 0 Å². The molecule has 0 fully saturated rings. The van der Waals surface area contributed by atoms with Crippen molar-refractivity contribution in [2.75, 3.05) is 0 Å². The van der Waals surface area contributed by atoms with Crippen molar-refractivity contribution in [3.8, 4) is 0 Å². The molecule has 0 amide bonds. The first-order chi connectivity index (χ1) is 9.78. The minimum atomic E-state index is -1.77. The number of benzene rings is 1. The van der Waals surface area contributed by atoms with E-state index in [2.05, 4.69) is 0 Å². The molecular weight excluding hydrogens is 475 g/mol. The van der Waals surface area contributed by atoms with Gasteiger partial charge < -0.3 is 0 Å². The summed E-state index contributed by atoms with van der Waals surface area (Å²) in [6, 6.07) is 2.98. The van der Waals surface area contributed by atoms with Crippen LogP contribution in [0.5, 0.6) is 0 Å². The molecule has 1 aromatic rings. The van der Waals surface area contributed by atoms with Gasteiger partial charge in [0.1, 0.15) is 0 Å². The summed E-state index contributed by atoms with van der Waals surface area (Å²) < 4.78 is -5.29. The number of unbranched alkanes of at least 4 members (excludes halogenated alkanes) is 1. The highest BCUT2D eigenvalue weighted by Gasteiger charge is 2.36. The Hall–Kier alpha value is 1.83. The van der Waals surface area contributed by atoms with E-state index in [1.807, 2.05) is 13.3 Å². The molecule has 0 bridgehead atoms. The van der Waals surface area contributed by atoms with Crippen LogP contribution in [0, 0.1) is 6.42 Å². The molecule has 125 valence electrons. The number of halogens is 9. The van der Waals surface area contributed by atoms with Gasteiger partial charge in [0.15, 0.2) is 0 Å². The van der Waals surface area contributed by atoms with Crippen LogP contribution in [-0.4, -0.2) is 0 Å². The molecular formula is C13H10Cl9. The molecule has 0 atom stereocenters. The van der Waals surface area contributed by atoms with Gasteiger partial charge in [-0.25, -0.2) is 0 Å². The summed E-state index contributed by atoms with van der Waals surface area (Å²) in [5, 5.41) is 0. The lowest BCUT2D eigenvalue weighted by Gasteiger charge is -2.26. The predicted molar refractivity (Wildman–Crippen MR) is 102 cm³/mol. The average Bonchev–Trinajstić information content (AvgIpc) is 2.31. The summed E-state index contributed by atoms with van der Waals surface area (Å²) >= 11 is 54.0. The largest absolute Gasteiger partial charge is 0.216 e. The van der Waals surface area contributed by atoms with E-state index in [4.69, 9.17) is 104 Å². The van der Waals surface area contributed by atoms with E-state index < -0.39 is 11.4 Å². The molecule has 0 unspecified atom stereocenters. The van der Waals surface area contributed by atoms with Gasteiger partial charge in [0.2, 0.25) is 11.4 Å². The van der Waals surface area contributed by atoms with Crippen molar-refractivity contribution in [3.05, 3.63) is 40.8 Å². The van der Waals surface area contributed by atoms with E-state index in [0.717, 1.165) is 6.42 Å². The Morgan fingerprint density at radius 1 is 0.773 bits per heavy atom. The van der Waals surface area contributed by atoms with Crippen LogP contribution >= 0.6 is 104 Å². The van der Waals surface area contributed by atoms with Gasteiger partial charge in [-0.1, -0.05) is 118 Å². The first kappa shape index (κ1) is 21.9. The summed E-state index contributed by atoms with van der Waals surface area (Å²) in [7, 11) is 0. The average molecular weight is 485 g/mol. The van der Waals surface area contributed by atoms with Crippen LogP contribution in [0.1, 0.15) is 42.0 Å². The molecule has 22 heavy (non-hydrogen) atoms. The predicted octanol–water partition coefficient (Wildman–Crippen LogP) is 8.52. The fourth-order valence-electron chi connectivity index (χ4n) is 1.79. The fraction of sp³-hybridized carbons (Fsp3) is 0.462. The van der Waals surface area contributed by atoms with Crippen molar-refractivity contribution >= 4 is 104 Å². The molecule has 0 spiro atoms. The molecule has 9 heteroatoms. The Morgan fingerprint density at radius 3 is 1.45 bits per heavy atom. The lowest BCUT2D eigenvalue weighted by atomic mass is 9.95. The van der Waals surface area contributed by atoms with E-state index >= 15 is 0 Å². The van der Waals surface area contributed by atoms with Crippen LogP contribution in [0.3, 0.4) is 0 Å². The first-order valence-corrected chi connectivity index (χ1v) is 9.41. The Morgan fingerprint density at radius 2 is 1.18 bits per heavy atom. The maximum Gasteiger partial charge on any atom is 0.216 e. The van der Waals surface area contributed by atoms with E-state index in [0.29, 0.717) is 12.0 Å². The van der Waals surface area contributed by atoms with Gasteiger partial charge in [-0.15, -0.1) is 0 Å². The SMILES string of the molecule is CCC[CH]c1c(C(Cl)(Cl)Cl)cc(C(Cl)(Cl)Cl)cc1C(Cl)(Cl)Cl. The zero-order valence-corrected chi connectivity index (χ0v) is 17.9. The molecule has 0 N–H and O–H groups in total. The van der Waals surface area contributed by atoms with Gasteiger partial charge in [-0.3, -0.25) is 0 Å². The molecule has 1 radical (unpaired) electrons. The molecule has 1 aromatic carbocycles. The van der Waals surface area contributed by atoms with Crippen LogP contribution in [0.4, 0.5) is 0 Å². The van der Waals surface area contributed by atoms with Gasteiger partial charge in [-0.05, 0) is 30.5 Å². The molecule has 0 nitrogen and oxygen atoms in total. The van der Waals surface area contributed by atoms with Crippen molar-refractivity contribution in [3.63, 3.8) is 0 Å². The standard InChI is InChI=1S/C13H10Cl9/c1-2-3-4-8-9(12(17,18)19)5-7(11(14,15)16)6-10(8)13(20,21)22/h4-6H,2-3H2,1H3. The van der Waals surface area contributed by atoms with Crippen molar-refractivity contribution in [2.24, 2.45) is 0 Å². The molecule has 0 heterocycles. The molecule has 1 rings (SSSR count). The van der Waals surface area contributed by atoms with Crippen molar-refractivity contribution in [2.45, 2.75) is 31.1 Å². The van der Waals surface area contributed by atoms with Crippen LogP contribution in [0.2, 0.25) is 0 Å². The number of hydrogen-bond acceptors (Lipinski definition) is 0. The van der Waals surface area contributed by atoms with E-state index in [9.17, 15) is 0 Å². The third-order valence-electron chi connectivity index (χ3n) is 2.76. The Kier molecular flexibility index (Phi) is 7.97. The van der Waals surface area contributed by atoms with E-state index in [1.54, 1.807) is 0 Å². The van der Waals surface area contributed by atoms with Gasteiger partial charge in [0.05, 0.1) is 0 Å². The third kappa shape index (κ3) is 5.97. The Labute approximate surface area is 175 Å². The van der Waals surface area contributed by atoms with Crippen LogP contribution in [0.15, 0.2) is 12.1 Å². The van der Waals surface area contributed by atoms with E-state index in [-0.39, 0.29) is 16.7 Å². The van der Waals surface area contributed by atoms with Crippen molar-refractivity contribution < 1.29 is 0 Å². The number of hydrogen-bond donors (Lipinski definition) is 0. The van der Waals surface area contributed by atoms with Gasteiger partial charge in [0.25, 0.3) is 0 Å². The van der Waals surface area contributed by atoms with Crippen LogP contribution < -0.4 is 0 Å². The summed E-state index contributed by atoms with van der Waals surface area (Å²) in [5.74, 6) is 0. The summed E-state index contributed by atoms with van der Waals surface area (Å²) in [6.45, 7) is 2.00. The van der Waals surface area contributed by atoms with E-state index in [1.165, 1.54) is 12.1 Å². The Balaban J connectivity index is 3.70. The second-order valence-corrected chi connectivity index (χ2v) is 11.3. The molecule has 0 aliphatic rings. The van der Waals surface area contributed by atoms with Gasteiger partial charge in [0, 0.05) is 16.7 Å². The third-order valence-corrected chi connectivity index (χ3v) is 4.63. The maximum absolute atomic E-state index is 6.04. The highest BCUT2D eigenvalue weighted by Crippen LogP contribution is 2.50. The van der Waals surface area contributed by atoms with Gasteiger partial charge in [-0.2, -0.15) is 0 Å². The smallest absolute Gasteiger partial charge is 0.0784 e. The topological polar surface area (TPSA) is 0 Å².